The van der Waals surface area contributed by atoms with Gasteiger partial charge in [0.25, 0.3) is 0 Å². The van der Waals surface area contributed by atoms with Crippen LogP contribution >= 0.6 is 0 Å². The molecule has 0 amide bonds. The van der Waals surface area contributed by atoms with E-state index in [0.29, 0.717) is 17.9 Å². The third-order valence-electron chi connectivity index (χ3n) is 6.28. The van der Waals surface area contributed by atoms with Gasteiger partial charge in [0, 0.05) is 12.6 Å². The Kier molecular flexibility index (Phi) is 6.26. The second-order valence-electron chi connectivity index (χ2n) is 9.38. The van der Waals surface area contributed by atoms with Crippen molar-refractivity contribution in [2.75, 3.05) is 6.61 Å². The lowest BCUT2D eigenvalue weighted by atomic mass is 10.0. The predicted octanol–water partition coefficient (Wildman–Crippen LogP) is 5.37. The highest BCUT2D eigenvalue weighted by Gasteiger charge is 2.52. The van der Waals surface area contributed by atoms with Crippen LogP contribution in [0.25, 0.3) is 0 Å². The number of esters is 1. The molecular weight excluding hydrogens is 426 g/mol. The van der Waals surface area contributed by atoms with Crippen molar-refractivity contribution in [1.29, 1.82) is 0 Å². The normalized spacial score (nSPS) is 13.0. The van der Waals surface area contributed by atoms with Crippen molar-refractivity contribution in [2.24, 2.45) is 4.99 Å². The molecule has 4 rings (SSSR count). The summed E-state index contributed by atoms with van der Waals surface area (Å²) in [5, 5.41) is 2.10. The summed E-state index contributed by atoms with van der Waals surface area (Å²) >= 11 is 0. The Labute approximate surface area is 197 Å². The molecule has 0 spiro atoms. The Hall–Kier alpha value is -3.18. The summed E-state index contributed by atoms with van der Waals surface area (Å²) in [7, 11) is -2.89. The van der Waals surface area contributed by atoms with Crippen molar-refractivity contribution in [3.63, 3.8) is 0 Å². The van der Waals surface area contributed by atoms with Gasteiger partial charge in [0.1, 0.15) is 11.3 Å². The van der Waals surface area contributed by atoms with Crippen LogP contribution in [0, 0.1) is 6.92 Å². The van der Waals surface area contributed by atoms with E-state index in [1.165, 1.54) is 0 Å². The minimum absolute atomic E-state index is 0.217. The number of nitrogens with zero attached hydrogens (tertiary/aromatic N) is 1. The molecule has 3 aromatic rings. The van der Waals surface area contributed by atoms with E-state index in [9.17, 15) is 4.79 Å². The van der Waals surface area contributed by atoms with E-state index in [4.69, 9.17) is 9.16 Å². The van der Waals surface area contributed by atoms with E-state index in [2.05, 4.69) is 74.3 Å². The van der Waals surface area contributed by atoms with Crippen molar-refractivity contribution in [2.45, 2.75) is 46.1 Å². The highest BCUT2D eigenvalue weighted by atomic mass is 28.4. The average Bonchev–Trinajstić information content (AvgIpc) is 3.27. The number of hydrogen-bond acceptors (Lipinski definition) is 4. The third kappa shape index (κ3) is 4.02. The number of carbonyl (C=O) groups is 1. The van der Waals surface area contributed by atoms with Crippen molar-refractivity contribution in [3.8, 4) is 5.75 Å². The summed E-state index contributed by atoms with van der Waals surface area (Å²) in [5.41, 5.74) is 3.22. The van der Waals surface area contributed by atoms with Crippen molar-refractivity contribution >= 4 is 36.6 Å². The molecule has 0 bridgehead atoms. The molecule has 0 unspecified atom stereocenters. The molecule has 1 heterocycles. The quantitative estimate of drug-likeness (QED) is 0.369. The zero-order valence-electron chi connectivity index (χ0n) is 20.0. The number of aliphatic imine (C=N–C) groups is 1. The highest BCUT2D eigenvalue weighted by molar-refractivity contribution is 7.00. The number of rotatable bonds is 6. The Morgan fingerprint density at radius 3 is 2.09 bits per heavy atom. The fourth-order valence-electron chi connectivity index (χ4n) is 4.77. The Morgan fingerprint density at radius 2 is 1.58 bits per heavy atom. The van der Waals surface area contributed by atoms with Gasteiger partial charge in [-0.1, -0.05) is 81.4 Å². The van der Waals surface area contributed by atoms with E-state index < -0.39 is 8.32 Å². The average molecular weight is 458 g/mol. The summed E-state index contributed by atoms with van der Waals surface area (Å²) in [4.78, 5) is 17.7. The maximum atomic E-state index is 13.2. The predicted molar refractivity (Wildman–Crippen MR) is 137 cm³/mol. The molecule has 1 aliphatic heterocycles. The summed E-state index contributed by atoms with van der Waals surface area (Å²) < 4.78 is 12.7. The number of carbonyl (C=O) groups excluding carboxylic acids is 1. The van der Waals surface area contributed by atoms with Crippen LogP contribution in [-0.2, 0) is 11.2 Å². The first kappa shape index (κ1) is 23.0. The molecule has 4 nitrogen and oxygen atoms in total. The largest absolute Gasteiger partial charge is 0.533 e. The van der Waals surface area contributed by atoms with Crippen LogP contribution in [0.4, 0.5) is 5.69 Å². The van der Waals surface area contributed by atoms with Gasteiger partial charge in [-0.3, -0.25) is 4.99 Å². The van der Waals surface area contributed by atoms with E-state index in [1.807, 2.05) is 38.3 Å². The first-order chi connectivity index (χ1) is 15.8. The lowest BCUT2D eigenvalue weighted by molar-refractivity contribution is 0.0523. The summed E-state index contributed by atoms with van der Waals surface area (Å²) in [6.45, 7) is 10.7. The smallest absolute Gasteiger partial charge is 0.342 e. The van der Waals surface area contributed by atoms with Crippen LogP contribution in [0.3, 0.4) is 0 Å². The Balaban J connectivity index is 2.01. The molecule has 0 aromatic heterocycles. The minimum Gasteiger partial charge on any atom is -0.533 e. The fourth-order valence-corrected chi connectivity index (χ4v) is 9.19. The summed E-state index contributed by atoms with van der Waals surface area (Å²) in [6.07, 6.45) is 2.62. The maximum Gasteiger partial charge on any atom is 0.342 e. The zero-order valence-corrected chi connectivity index (χ0v) is 21.0. The van der Waals surface area contributed by atoms with Crippen LogP contribution in [0.5, 0.6) is 5.75 Å². The van der Waals surface area contributed by atoms with Gasteiger partial charge >= 0.3 is 14.3 Å². The summed E-state index contributed by atoms with van der Waals surface area (Å²) in [6, 6.07) is 22.9. The maximum absolute atomic E-state index is 13.2. The van der Waals surface area contributed by atoms with Crippen LogP contribution < -0.4 is 14.8 Å². The molecule has 33 heavy (non-hydrogen) atoms. The third-order valence-corrected chi connectivity index (χ3v) is 11.2. The van der Waals surface area contributed by atoms with E-state index in [1.54, 1.807) is 0 Å². The molecule has 3 aromatic carbocycles. The van der Waals surface area contributed by atoms with Gasteiger partial charge < -0.3 is 9.16 Å². The van der Waals surface area contributed by atoms with Gasteiger partial charge in [-0.25, -0.2) is 4.79 Å². The SMILES string of the molecule is CCOC(=O)c1c(O[Si](c2ccccc2)(c2ccccc2)C(C)(C)C)cc2c(c1C)N=CC2. The number of fused-ring (bicyclic) bond motifs is 1. The van der Waals surface area contributed by atoms with Crippen molar-refractivity contribution in [3.05, 3.63) is 83.4 Å². The fraction of sp³-hybridized carbons (Fsp3) is 0.286. The molecule has 0 fully saturated rings. The molecular formula is C28H31NO3Si. The molecule has 170 valence electrons. The summed E-state index contributed by atoms with van der Waals surface area (Å²) in [5.74, 6) is 0.220. The van der Waals surface area contributed by atoms with Gasteiger partial charge in [-0.05, 0) is 46.5 Å². The first-order valence-corrected chi connectivity index (χ1v) is 13.4. The minimum atomic E-state index is -2.89. The van der Waals surface area contributed by atoms with E-state index in [-0.39, 0.29) is 11.0 Å². The van der Waals surface area contributed by atoms with Crippen LogP contribution in [0.1, 0.15) is 49.2 Å². The lowest BCUT2D eigenvalue weighted by Crippen LogP contribution is -2.69. The Morgan fingerprint density at radius 1 is 1.00 bits per heavy atom. The van der Waals surface area contributed by atoms with Crippen LogP contribution in [0.15, 0.2) is 71.7 Å². The molecule has 0 saturated heterocycles. The van der Waals surface area contributed by atoms with E-state index >= 15 is 0 Å². The van der Waals surface area contributed by atoms with E-state index in [0.717, 1.165) is 33.6 Å². The van der Waals surface area contributed by atoms with Gasteiger partial charge in [-0.15, -0.1) is 0 Å². The molecule has 0 saturated carbocycles. The molecule has 0 aliphatic carbocycles. The van der Waals surface area contributed by atoms with Crippen molar-refractivity contribution in [1.82, 2.24) is 0 Å². The number of ether oxygens (including phenoxy) is 1. The van der Waals surface area contributed by atoms with Crippen molar-refractivity contribution < 1.29 is 14.0 Å². The van der Waals surface area contributed by atoms with Crippen LogP contribution in [0.2, 0.25) is 5.04 Å². The van der Waals surface area contributed by atoms with Gasteiger partial charge in [0.05, 0.1) is 12.3 Å². The monoisotopic (exact) mass is 457 g/mol. The number of benzene rings is 3. The second-order valence-corrected chi connectivity index (χ2v) is 13.6. The number of hydrogen-bond donors (Lipinski definition) is 0. The molecule has 1 aliphatic rings. The van der Waals surface area contributed by atoms with Crippen LogP contribution in [-0.4, -0.2) is 27.1 Å². The molecule has 0 N–H and O–H groups in total. The Bertz CT molecular complexity index is 1140. The topological polar surface area (TPSA) is 47.9 Å². The molecule has 5 heteroatoms. The standard InChI is InChI=1S/C28H31NO3Si/c1-6-31-27(30)25-20(2)26-21(17-18-29-26)19-24(25)32-33(28(3,4)5,22-13-9-7-10-14-22)23-15-11-8-12-16-23/h7-16,18-19H,6,17H2,1-5H3. The van der Waals surface area contributed by atoms with Gasteiger partial charge in [0.15, 0.2) is 0 Å². The zero-order chi connectivity index (χ0) is 23.6. The second kappa shape index (κ2) is 8.98. The van der Waals surface area contributed by atoms with Gasteiger partial charge in [-0.2, -0.15) is 0 Å². The first-order valence-electron chi connectivity index (χ1n) is 11.5. The lowest BCUT2D eigenvalue weighted by Gasteiger charge is -2.43. The molecule has 0 atom stereocenters. The highest BCUT2D eigenvalue weighted by Crippen LogP contribution is 2.42. The van der Waals surface area contributed by atoms with Gasteiger partial charge in [0.2, 0.25) is 0 Å². The molecule has 0 radical (unpaired) electrons.